The van der Waals surface area contributed by atoms with Gasteiger partial charge in [0.2, 0.25) is 5.91 Å². The highest BCUT2D eigenvalue weighted by molar-refractivity contribution is 5.84. The minimum atomic E-state index is -0.534. The highest BCUT2D eigenvalue weighted by Gasteiger charge is 2.39. The lowest BCUT2D eigenvalue weighted by Crippen LogP contribution is -2.57. The fourth-order valence-corrected chi connectivity index (χ4v) is 3.34. The van der Waals surface area contributed by atoms with E-state index in [0.29, 0.717) is 0 Å². The van der Waals surface area contributed by atoms with Gasteiger partial charge in [-0.05, 0) is 62.9 Å². The summed E-state index contributed by atoms with van der Waals surface area (Å²) < 4.78 is 1.99. The van der Waals surface area contributed by atoms with Crippen LogP contribution in [0.5, 0.6) is 0 Å². The highest BCUT2D eigenvalue weighted by atomic mass is 16.1. The number of aryl methyl sites for hydroxylation is 1. The Labute approximate surface area is 137 Å². The first-order valence-electron chi connectivity index (χ1n) is 8.13. The van der Waals surface area contributed by atoms with Crippen molar-refractivity contribution in [3.63, 3.8) is 0 Å². The van der Waals surface area contributed by atoms with Crippen molar-refractivity contribution < 1.29 is 4.79 Å². The van der Waals surface area contributed by atoms with Gasteiger partial charge in [-0.2, -0.15) is 0 Å². The number of rotatable bonds is 4. The molecule has 1 saturated heterocycles. The van der Waals surface area contributed by atoms with Crippen LogP contribution in [0.4, 0.5) is 0 Å². The predicted octanol–water partition coefficient (Wildman–Crippen LogP) is 2.41. The first-order chi connectivity index (χ1) is 11.0. The van der Waals surface area contributed by atoms with Crippen LogP contribution in [0.2, 0.25) is 0 Å². The van der Waals surface area contributed by atoms with Gasteiger partial charge in [0.05, 0.1) is 11.9 Å². The summed E-state index contributed by atoms with van der Waals surface area (Å²) >= 11 is 0. The Kier molecular flexibility index (Phi) is 4.22. The zero-order chi connectivity index (χ0) is 16.4. The number of nitrogens with two attached hydrogens (primary N) is 1. The Bertz CT molecular complexity index is 695. The molecule has 0 saturated carbocycles. The number of hydrogen-bond donors (Lipinski definition) is 1. The van der Waals surface area contributed by atoms with Crippen LogP contribution in [0.25, 0.3) is 5.69 Å². The number of primary amides is 1. The van der Waals surface area contributed by atoms with Crippen molar-refractivity contribution in [2.24, 2.45) is 5.73 Å². The number of hydrogen-bond acceptors (Lipinski definition) is 3. The molecule has 1 aliphatic rings. The molecule has 1 atom stereocenters. The Morgan fingerprint density at radius 3 is 2.87 bits per heavy atom. The molecule has 0 bridgehead atoms. The zero-order valence-electron chi connectivity index (χ0n) is 13.8. The summed E-state index contributed by atoms with van der Waals surface area (Å²) in [7, 11) is 0. The van der Waals surface area contributed by atoms with E-state index in [0.717, 1.165) is 38.0 Å². The maximum absolute atomic E-state index is 11.9. The van der Waals surface area contributed by atoms with Crippen molar-refractivity contribution >= 4 is 5.91 Å². The van der Waals surface area contributed by atoms with Gasteiger partial charge in [-0.3, -0.25) is 9.69 Å². The first kappa shape index (κ1) is 15.7. The lowest BCUT2D eigenvalue weighted by molar-refractivity contribution is -0.132. The van der Waals surface area contributed by atoms with Crippen LogP contribution in [0.3, 0.4) is 0 Å². The number of piperidine rings is 1. The molecule has 5 nitrogen and oxygen atoms in total. The van der Waals surface area contributed by atoms with Crippen molar-refractivity contribution in [3.8, 4) is 5.69 Å². The van der Waals surface area contributed by atoms with E-state index in [2.05, 4.69) is 35.0 Å². The summed E-state index contributed by atoms with van der Waals surface area (Å²) in [6.45, 7) is 5.77. The summed E-state index contributed by atoms with van der Waals surface area (Å²) in [6.07, 6.45) is 8.53. The first-order valence-corrected chi connectivity index (χ1v) is 8.13. The molecule has 0 aliphatic carbocycles. The lowest BCUT2D eigenvalue weighted by Gasteiger charge is -2.42. The molecule has 1 aromatic carbocycles. The third-order valence-electron chi connectivity index (χ3n) is 5.06. The van der Waals surface area contributed by atoms with Gasteiger partial charge in [0.25, 0.3) is 0 Å². The van der Waals surface area contributed by atoms with Crippen LogP contribution in [0.1, 0.15) is 37.3 Å². The highest BCUT2D eigenvalue weighted by Crippen LogP contribution is 2.30. The van der Waals surface area contributed by atoms with E-state index in [1.165, 1.54) is 11.1 Å². The Morgan fingerprint density at radius 2 is 2.22 bits per heavy atom. The van der Waals surface area contributed by atoms with Gasteiger partial charge in [0, 0.05) is 24.6 Å². The molecule has 0 radical (unpaired) electrons. The molecule has 1 amide bonds. The standard InChI is InChI=1S/C18H24N4O/c1-14-11-16(21-10-8-20-13-21)6-5-15(14)12-22-9-4-3-7-18(22,2)17(19)23/h5-6,8,10-11,13H,3-4,7,9,12H2,1-2H3,(H2,19,23). The molecular weight excluding hydrogens is 288 g/mol. The average Bonchev–Trinajstić information content (AvgIpc) is 3.05. The molecule has 122 valence electrons. The lowest BCUT2D eigenvalue weighted by atomic mass is 9.87. The van der Waals surface area contributed by atoms with Crippen LogP contribution in [0, 0.1) is 6.92 Å². The van der Waals surface area contributed by atoms with Gasteiger partial charge in [-0.15, -0.1) is 0 Å². The van der Waals surface area contributed by atoms with E-state index in [-0.39, 0.29) is 5.91 Å². The van der Waals surface area contributed by atoms with E-state index in [9.17, 15) is 4.79 Å². The fourth-order valence-electron chi connectivity index (χ4n) is 3.34. The van der Waals surface area contributed by atoms with Crippen molar-refractivity contribution in [2.75, 3.05) is 6.54 Å². The second-order valence-corrected chi connectivity index (χ2v) is 6.60. The summed E-state index contributed by atoms with van der Waals surface area (Å²) in [6, 6.07) is 6.39. The third kappa shape index (κ3) is 3.01. The van der Waals surface area contributed by atoms with Gasteiger partial charge in [-0.1, -0.05) is 6.07 Å². The van der Waals surface area contributed by atoms with E-state index in [4.69, 9.17) is 5.73 Å². The van der Waals surface area contributed by atoms with Crippen molar-refractivity contribution in [1.82, 2.24) is 14.5 Å². The monoisotopic (exact) mass is 312 g/mol. The van der Waals surface area contributed by atoms with Gasteiger partial charge in [-0.25, -0.2) is 4.98 Å². The summed E-state index contributed by atoms with van der Waals surface area (Å²) in [5.74, 6) is -0.218. The quantitative estimate of drug-likeness (QED) is 0.943. The number of nitrogens with zero attached hydrogens (tertiary/aromatic N) is 3. The Balaban J connectivity index is 1.83. The van der Waals surface area contributed by atoms with Crippen LogP contribution in [-0.2, 0) is 11.3 Å². The molecule has 2 aromatic rings. The van der Waals surface area contributed by atoms with Crippen molar-refractivity contribution in [1.29, 1.82) is 0 Å². The van der Waals surface area contributed by atoms with E-state index < -0.39 is 5.54 Å². The molecule has 1 aromatic heterocycles. The largest absolute Gasteiger partial charge is 0.368 e. The van der Waals surface area contributed by atoms with Crippen molar-refractivity contribution in [3.05, 3.63) is 48.0 Å². The minimum absolute atomic E-state index is 0.218. The second-order valence-electron chi connectivity index (χ2n) is 6.60. The number of imidazole rings is 1. The summed E-state index contributed by atoms with van der Waals surface area (Å²) in [5.41, 5.74) is 8.70. The number of amides is 1. The van der Waals surface area contributed by atoms with Gasteiger partial charge < -0.3 is 10.3 Å². The molecule has 1 aliphatic heterocycles. The van der Waals surface area contributed by atoms with E-state index >= 15 is 0 Å². The van der Waals surface area contributed by atoms with Crippen LogP contribution >= 0.6 is 0 Å². The molecule has 23 heavy (non-hydrogen) atoms. The Hall–Kier alpha value is -2.14. The SMILES string of the molecule is Cc1cc(-n2ccnc2)ccc1CN1CCCCC1(C)C(N)=O. The number of carbonyl (C=O) groups excluding carboxylic acids is 1. The van der Waals surface area contributed by atoms with Crippen LogP contribution in [0.15, 0.2) is 36.9 Å². The molecular formula is C18H24N4O. The third-order valence-corrected chi connectivity index (χ3v) is 5.06. The molecule has 0 spiro atoms. The smallest absolute Gasteiger partial charge is 0.237 e. The Morgan fingerprint density at radius 1 is 1.39 bits per heavy atom. The zero-order valence-corrected chi connectivity index (χ0v) is 13.8. The maximum atomic E-state index is 11.9. The summed E-state index contributed by atoms with van der Waals surface area (Å²) in [4.78, 5) is 18.3. The molecule has 2 heterocycles. The molecule has 1 unspecified atom stereocenters. The van der Waals surface area contributed by atoms with Crippen molar-refractivity contribution in [2.45, 2.75) is 45.2 Å². The maximum Gasteiger partial charge on any atom is 0.237 e. The van der Waals surface area contributed by atoms with E-state index in [1.807, 2.05) is 17.7 Å². The molecule has 5 heteroatoms. The van der Waals surface area contributed by atoms with Gasteiger partial charge in [0.15, 0.2) is 0 Å². The van der Waals surface area contributed by atoms with Gasteiger partial charge in [0.1, 0.15) is 0 Å². The fraction of sp³-hybridized carbons (Fsp3) is 0.444. The topological polar surface area (TPSA) is 64.2 Å². The normalized spacial score (nSPS) is 22.2. The second kappa shape index (κ2) is 6.16. The van der Waals surface area contributed by atoms with Gasteiger partial charge >= 0.3 is 0 Å². The number of aromatic nitrogens is 2. The minimum Gasteiger partial charge on any atom is -0.368 e. The predicted molar refractivity (Wildman–Crippen MR) is 90.2 cm³/mol. The van der Waals surface area contributed by atoms with E-state index in [1.54, 1.807) is 12.5 Å². The molecule has 2 N–H and O–H groups in total. The molecule has 1 fully saturated rings. The average molecular weight is 312 g/mol. The summed E-state index contributed by atoms with van der Waals surface area (Å²) in [5, 5.41) is 0. The number of benzene rings is 1. The number of likely N-dealkylation sites (tertiary alicyclic amines) is 1. The number of carbonyl (C=O) groups is 1. The van der Waals surface area contributed by atoms with Crippen LogP contribution in [-0.4, -0.2) is 32.4 Å². The molecule has 3 rings (SSSR count). The van der Waals surface area contributed by atoms with Crippen LogP contribution < -0.4 is 5.73 Å².